The van der Waals surface area contributed by atoms with Crippen molar-refractivity contribution in [3.05, 3.63) is 34.2 Å². The molecular weight excluding hydrogens is 258 g/mol. The van der Waals surface area contributed by atoms with Crippen LogP contribution in [0.2, 0.25) is 0 Å². The maximum atomic E-state index is 12.2. The van der Waals surface area contributed by atoms with Gasteiger partial charge < -0.3 is 15.6 Å². The molecule has 0 aromatic carbocycles. The first-order valence-electron chi connectivity index (χ1n) is 6.64. The third-order valence-electron chi connectivity index (χ3n) is 3.38. The summed E-state index contributed by atoms with van der Waals surface area (Å²) in [6, 6.07) is 2.91. The van der Waals surface area contributed by atoms with E-state index in [1.165, 1.54) is 19.3 Å². The van der Waals surface area contributed by atoms with Gasteiger partial charge in [-0.3, -0.25) is 14.4 Å². The fourth-order valence-electron chi connectivity index (χ4n) is 2.26. The fourth-order valence-corrected chi connectivity index (χ4v) is 2.26. The van der Waals surface area contributed by atoms with Gasteiger partial charge in [0.05, 0.1) is 0 Å². The predicted molar refractivity (Wildman–Crippen MR) is 76.5 cm³/mol. The molecule has 110 valence electrons. The highest BCUT2D eigenvalue weighted by molar-refractivity contribution is 5.97. The molecule has 1 saturated heterocycles. The van der Waals surface area contributed by atoms with Crippen LogP contribution in [0.25, 0.3) is 0 Å². The smallest absolute Gasteiger partial charge is 0.247 e. The Balaban J connectivity index is 0.000000956. The summed E-state index contributed by atoms with van der Waals surface area (Å²) in [7, 11) is 1.50. The van der Waals surface area contributed by atoms with E-state index in [0.29, 0.717) is 31.5 Å². The molecule has 0 saturated carbocycles. The number of nitrogens with one attached hydrogen (secondary N) is 1. The zero-order valence-corrected chi connectivity index (χ0v) is 11.9. The molecule has 0 unspecified atom stereocenters. The van der Waals surface area contributed by atoms with Crippen LogP contribution in [0.3, 0.4) is 0 Å². The molecule has 6 heteroatoms. The number of pyridine rings is 1. The van der Waals surface area contributed by atoms with Gasteiger partial charge in [-0.05, 0) is 26.0 Å². The number of aromatic nitrogens is 1. The van der Waals surface area contributed by atoms with Crippen LogP contribution in [-0.2, 0) is 4.79 Å². The summed E-state index contributed by atoms with van der Waals surface area (Å²) in [6.07, 6.45) is 2.84. The van der Waals surface area contributed by atoms with Crippen molar-refractivity contribution in [2.45, 2.75) is 19.8 Å². The molecule has 0 spiro atoms. The third-order valence-corrected chi connectivity index (χ3v) is 3.38. The minimum absolute atomic E-state index is 0.0495. The number of likely N-dealkylation sites (tertiary alicyclic amines) is 1. The van der Waals surface area contributed by atoms with Gasteiger partial charge in [-0.1, -0.05) is 0 Å². The first kappa shape index (κ1) is 16.1. The Morgan fingerprint density at radius 3 is 2.30 bits per heavy atom. The monoisotopic (exact) mass is 279 g/mol. The lowest BCUT2D eigenvalue weighted by Gasteiger charge is -2.30. The summed E-state index contributed by atoms with van der Waals surface area (Å²) in [6.45, 7) is 2.81. The van der Waals surface area contributed by atoms with E-state index in [-0.39, 0.29) is 23.2 Å². The van der Waals surface area contributed by atoms with Crippen molar-refractivity contribution in [1.29, 1.82) is 0 Å². The van der Waals surface area contributed by atoms with Crippen LogP contribution < -0.4 is 11.3 Å². The molecule has 0 radical (unpaired) electrons. The Morgan fingerprint density at radius 2 is 1.85 bits per heavy atom. The van der Waals surface area contributed by atoms with Crippen LogP contribution in [0, 0.1) is 5.92 Å². The molecule has 0 atom stereocenters. The zero-order chi connectivity index (χ0) is 15.1. The topological polar surface area (TPSA) is 96.3 Å². The highest BCUT2D eigenvalue weighted by atomic mass is 16.2. The minimum Gasteiger partial charge on any atom is -0.343 e. The lowest BCUT2D eigenvalue weighted by atomic mass is 9.89. The summed E-state index contributed by atoms with van der Waals surface area (Å²) in [5.41, 5.74) is 4.83. The normalized spacial score (nSPS) is 15.2. The number of carbonyl (C=O) groups is 2. The Labute approximate surface area is 118 Å². The minimum atomic E-state index is -0.210. The van der Waals surface area contributed by atoms with E-state index in [9.17, 15) is 14.4 Å². The summed E-state index contributed by atoms with van der Waals surface area (Å²) in [5, 5.41) is 0. The summed E-state index contributed by atoms with van der Waals surface area (Å²) in [4.78, 5) is 38.5. The molecule has 1 amide bonds. The molecule has 2 rings (SSSR count). The first-order chi connectivity index (χ1) is 9.58. The molecule has 1 aromatic rings. The number of ketones is 1. The number of hydrogen-bond acceptors (Lipinski definition) is 4. The lowest BCUT2D eigenvalue weighted by molar-refractivity contribution is -0.130. The number of piperidine rings is 1. The van der Waals surface area contributed by atoms with Crippen LogP contribution >= 0.6 is 0 Å². The Morgan fingerprint density at radius 1 is 1.25 bits per heavy atom. The van der Waals surface area contributed by atoms with Gasteiger partial charge in [-0.25, -0.2) is 0 Å². The standard InChI is InChI=1S/C13H16N2O3.CH5N/c1-9(16)15-6-4-10(5-7-15)13(18)11-2-3-12(17)14-8-11;1-2/h2-3,8,10H,4-7H2,1H3,(H,14,17);2H2,1H3. The summed E-state index contributed by atoms with van der Waals surface area (Å²) < 4.78 is 0. The number of rotatable bonds is 2. The van der Waals surface area contributed by atoms with E-state index >= 15 is 0 Å². The van der Waals surface area contributed by atoms with E-state index in [2.05, 4.69) is 10.7 Å². The average Bonchev–Trinajstić information content (AvgIpc) is 2.49. The second-order valence-electron chi connectivity index (χ2n) is 4.59. The number of amides is 1. The van der Waals surface area contributed by atoms with Crippen LogP contribution in [0.15, 0.2) is 23.1 Å². The second-order valence-corrected chi connectivity index (χ2v) is 4.59. The van der Waals surface area contributed by atoms with Crippen molar-refractivity contribution < 1.29 is 9.59 Å². The summed E-state index contributed by atoms with van der Waals surface area (Å²) in [5.74, 6) is 0.0610. The Kier molecular flexibility index (Phi) is 6.11. The predicted octanol–water partition coefficient (Wildman–Crippen LogP) is 0.391. The molecule has 1 fully saturated rings. The zero-order valence-electron chi connectivity index (χ0n) is 11.9. The van der Waals surface area contributed by atoms with E-state index in [1.807, 2.05) is 0 Å². The van der Waals surface area contributed by atoms with Gasteiger partial charge in [0.1, 0.15) is 0 Å². The highest BCUT2D eigenvalue weighted by Gasteiger charge is 2.26. The average molecular weight is 279 g/mol. The number of nitrogens with two attached hydrogens (primary N) is 1. The van der Waals surface area contributed by atoms with E-state index in [4.69, 9.17) is 0 Å². The van der Waals surface area contributed by atoms with Crippen LogP contribution in [0.4, 0.5) is 0 Å². The number of H-pyrrole nitrogens is 1. The van der Waals surface area contributed by atoms with Crippen molar-refractivity contribution >= 4 is 11.7 Å². The lowest BCUT2D eigenvalue weighted by Crippen LogP contribution is -2.39. The van der Waals surface area contributed by atoms with E-state index in [0.717, 1.165) is 0 Å². The number of aromatic amines is 1. The van der Waals surface area contributed by atoms with Crippen molar-refractivity contribution in [1.82, 2.24) is 9.88 Å². The molecule has 0 bridgehead atoms. The van der Waals surface area contributed by atoms with Gasteiger partial charge in [0.15, 0.2) is 5.78 Å². The van der Waals surface area contributed by atoms with Gasteiger partial charge in [-0.15, -0.1) is 0 Å². The molecule has 6 nitrogen and oxygen atoms in total. The number of nitrogens with zero attached hydrogens (tertiary/aromatic N) is 1. The van der Waals surface area contributed by atoms with Crippen molar-refractivity contribution in [2.24, 2.45) is 11.7 Å². The molecule has 3 N–H and O–H groups in total. The van der Waals surface area contributed by atoms with Crippen LogP contribution in [0.1, 0.15) is 30.1 Å². The van der Waals surface area contributed by atoms with Gasteiger partial charge >= 0.3 is 0 Å². The quantitative estimate of drug-likeness (QED) is 0.765. The molecule has 1 aromatic heterocycles. The Hall–Kier alpha value is -1.95. The van der Waals surface area contributed by atoms with E-state index in [1.54, 1.807) is 17.9 Å². The van der Waals surface area contributed by atoms with Crippen molar-refractivity contribution in [2.75, 3.05) is 20.1 Å². The molecule has 2 heterocycles. The number of Topliss-reactive ketones (excluding diaryl/α,β-unsaturated/α-hetero) is 1. The molecule has 20 heavy (non-hydrogen) atoms. The molecule has 1 aliphatic heterocycles. The highest BCUT2D eigenvalue weighted by Crippen LogP contribution is 2.21. The van der Waals surface area contributed by atoms with Crippen LogP contribution in [0.5, 0.6) is 0 Å². The SMILES string of the molecule is CC(=O)N1CCC(C(=O)c2ccc(=O)[nH]c2)CC1.CN. The molecule has 0 aliphatic carbocycles. The fraction of sp³-hybridized carbons (Fsp3) is 0.500. The maximum Gasteiger partial charge on any atom is 0.247 e. The largest absolute Gasteiger partial charge is 0.343 e. The first-order valence-corrected chi connectivity index (χ1v) is 6.64. The second kappa shape index (κ2) is 7.59. The maximum absolute atomic E-state index is 12.2. The van der Waals surface area contributed by atoms with Gasteiger partial charge in [-0.2, -0.15) is 0 Å². The van der Waals surface area contributed by atoms with Gasteiger partial charge in [0.2, 0.25) is 11.5 Å². The summed E-state index contributed by atoms with van der Waals surface area (Å²) >= 11 is 0. The Bertz CT molecular complexity index is 496. The van der Waals surface area contributed by atoms with Gasteiger partial charge in [0.25, 0.3) is 0 Å². The molecular formula is C14H21N3O3. The van der Waals surface area contributed by atoms with Crippen molar-refractivity contribution in [3.63, 3.8) is 0 Å². The number of carbonyl (C=O) groups excluding carboxylic acids is 2. The van der Waals surface area contributed by atoms with Crippen LogP contribution in [-0.4, -0.2) is 41.7 Å². The number of hydrogen-bond donors (Lipinski definition) is 2. The third kappa shape index (κ3) is 4.03. The molecule has 1 aliphatic rings. The van der Waals surface area contributed by atoms with E-state index < -0.39 is 0 Å². The van der Waals surface area contributed by atoms with Crippen molar-refractivity contribution in [3.8, 4) is 0 Å². The van der Waals surface area contributed by atoms with Gasteiger partial charge in [0, 0.05) is 43.8 Å².